The Morgan fingerprint density at radius 3 is 2.80 bits per heavy atom. The van der Waals surface area contributed by atoms with Crippen LogP contribution in [0.5, 0.6) is 5.75 Å². The Bertz CT molecular complexity index is 530. The minimum absolute atomic E-state index is 0.0767. The first kappa shape index (κ1) is 21.8. The molecule has 0 aliphatic carbocycles. The lowest BCUT2D eigenvalue weighted by molar-refractivity contribution is 0.114. The van der Waals surface area contributed by atoms with Gasteiger partial charge >= 0.3 is 0 Å². The van der Waals surface area contributed by atoms with Gasteiger partial charge in [-0.25, -0.2) is 0 Å². The first-order chi connectivity index (χ1) is 12.1. The topological polar surface area (TPSA) is 75.1 Å². The first-order valence-corrected chi connectivity index (χ1v) is 9.18. The lowest BCUT2D eigenvalue weighted by atomic mass is 10.3. The Morgan fingerprint density at radius 2 is 2.08 bits per heavy atom. The van der Waals surface area contributed by atoms with E-state index < -0.39 is 6.10 Å². The van der Waals surface area contributed by atoms with E-state index in [4.69, 9.17) is 32.7 Å². The predicted octanol–water partition coefficient (Wildman–Crippen LogP) is 2.71. The van der Waals surface area contributed by atoms with Crippen LogP contribution in [0.25, 0.3) is 0 Å². The van der Waals surface area contributed by atoms with E-state index in [-0.39, 0.29) is 13.2 Å². The van der Waals surface area contributed by atoms with Crippen LogP contribution in [-0.2, 0) is 4.74 Å². The molecule has 0 saturated carbocycles. The molecule has 3 N–H and O–H groups in total. The fourth-order valence-corrected chi connectivity index (χ4v) is 2.24. The number of hydrogen-bond donors (Lipinski definition) is 3. The molecule has 1 atom stereocenters. The smallest absolute Gasteiger partial charge is 0.191 e. The van der Waals surface area contributed by atoms with Gasteiger partial charge in [-0.2, -0.15) is 0 Å². The Balaban J connectivity index is 2.39. The van der Waals surface area contributed by atoms with Crippen molar-refractivity contribution >= 4 is 29.2 Å². The summed E-state index contributed by atoms with van der Waals surface area (Å²) in [6.07, 6.45) is 0.130. The van der Waals surface area contributed by atoms with Gasteiger partial charge in [-0.15, -0.1) is 0 Å². The summed E-state index contributed by atoms with van der Waals surface area (Å²) in [6, 6.07) is 5.12. The maximum absolute atomic E-state index is 10.0. The minimum Gasteiger partial charge on any atom is -0.489 e. The molecule has 0 aliphatic heterocycles. The zero-order valence-electron chi connectivity index (χ0n) is 14.7. The second kappa shape index (κ2) is 13.1. The molecule has 25 heavy (non-hydrogen) atoms. The summed E-state index contributed by atoms with van der Waals surface area (Å²) in [7, 11) is 0. The quantitative estimate of drug-likeness (QED) is 0.307. The second-order valence-electron chi connectivity index (χ2n) is 5.21. The summed E-state index contributed by atoms with van der Waals surface area (Å²) in [5, 5.41) is 17.1. The molecule has 1 aromatic rings. The highest BCUT2D eigenvalue weighted by Crippen LogP contribution is 2.31. The molecule has 0 fully saturated rings. The summed E-state index contributed by atoms with van der Waals surface area (Å²) in [6.45, 7) is 7.15. The Labute approximate surface area is 159 Å². The van der Waals surface area contributed by atoms with Gasteiger partial charge in [0.15, 0.2) is 5.96 Å². The molecule has 1 rings (SSSR count). The summed E-state index contributed by atoms with van der Waals surface area (Å²) in [5.74, 6) is 1.09. The van der Waals surface area contributed by atoms with Crippen molar-refractivity contribution in [2.24, 2.45) is 4.99 Å². The van der Waals surface area contributed by atoms with Gasteiger partial charge in [-0.05, 0) is 32.4 Å². The second-order valence-corrected chi connectivity index (χ2v) is 6.00. The van der Waals surface area contributed by atoms with Crippen molar-refractivity contribution < 1.29 is 14.6 Å². The number of nitrogens with zero attached hydrogens (tertiary/aromatic N) is 1. The number of benzene rings is 1. The van der Waals surface area contributed by atoms with Crippen LogP contribution in [0.3, 0.4) is 0 Å². The van der Waals surface area contributed by atoms with Gasteiger partial charge in [-0.3, -0.25) is 4.99 Å². The van der Waals surface area contributed by atoms with Crippen LogP contribution in [-0.4, -0.2) is 56.6 Å². The van der Waals surface area contributed by atoms with E-state index in [2.05, 4.69) is 15.6 Å². The molecule has 6 nitrogen and oxygen atoms in total. The Hall–Kier alpha value is -1.21. The molecule has 142 valence electrons. The highest BCUT2D eigenvalue weighted by molar-refractivity contribution is 6.42. The molecule has 0 saturated heterocycles. The summed E-state index contributed by atoms with van der Waals surface area (Å²) < 4.78 is 10.8. The van der Waals surface area contributed by atoms with E-state index in [0.29, 0.717) is 28.4 Å². The van der Waals surface area contributed by atoms with Crippen LogP contribution in [0.4, 0.5) is 0 Å². The van der Waals surface area contributed by atoms with E-state index in [1.54, 1.807) is 18.2 Å². The van der Waals surface area contributed by atoms with Gasteiger partial charge in [0.2, 0.25) is 0 Å². The fourth-order valence-electron chi connectivity index (χ4n) is 1.90. The lowest BCUT2D eigenvalue weighted by Crippen LogP contribution is -2.39. The Morgan fingerprint density at radius 1 is 1.28 bits per heavy atom. The molecule has 0 spiro atoms. The van der Waals surface area contributed by atoms with Gasteiger partial charge in [0.05, 0.1) is 11.6 Å². The van der Waals surface area contributed by atoms with E-state index >= 15 is 0 Å². The average Bonchev–Trinajstić information content (AvgIpc) is 2.60. The number of nitrogens with one attached hydrogen (secondary N) is 2. The standard InChI is InChI=1S/C17H27Cl2N3O3/c1-3-20-17(21-9-6-10-24-4-2)22-11-13(23)12-25-15-8-5-7-14(18)16(15)19/h5,7-8,13,23H,3-4,6,9-12H2,1-2H3,(H2,20,21,22). The molecule has 0 aromatic heterocycles. The number of aliphatic hydroxyl groups excluding tert-OH is 1. The summed E-state index contributed by atoms with van der Waals surface area (Å²) >= 11 is 12.0. The molecule has 0 heterocycles. The van der Waals surface area contributed by atoms with Crippen LogP contribution in [0, 0.1) is 0 Å². The summed E-state index contributed by atoms with van der Waals surface area (Å²) in [5.41, 5.74) is 0. The normalized spacial score (nSPS) is 12.8. The third-order valence-electron chi connectivity index (χ3n) is 3.11. The number of rotatable bonds is 11. The highest BCUT2D eigenvalue weighted by Gasteiger charge is 2.09. The van der Waals surface area contributed by atoms with Crippen molar-refractivity contribution in [2.45, 2.75) is 26.4 Å². The van der Waals surface area contributed by atoms with Crippen molar-refractivity contribution in [3.63, 3.8) is 0 Å². The van der Waals surface area contributed by atoms with E-state index in [9.17, 15) is 5.11 Å². The lowest BCUT2D eigenvalue weighted by Gasteiger charge is -2.14. The molecule has 1 aromatic carbocycles. The minimum atomic E-state index is -0.756. The summed E-state index contributed by atoms with van der Waals surface area (Å²) in [4.78, 5) is 4.35. The molecule has 0 amide bonds. The van der Waals surface area contributed by atoms with E-state index in [1.165, 1.54) is 0 Å². The van der Waals surface area contributed by atoms with Crippen LogP contribution >= 0.6 is 23.2 Å². The maximum atomic E-state index is 10.0. The predicted molar refractivity (Wildman–Crippen MR) is 103 cm³/mol. The first-order valence-electron chi connectivity index (χ1n) is 8.43. The molecule has 0 radical (unpaired) electrons. The third-order valence-corrected chi connectivity index (χ3v) is 3.92. The van der Waals surface area contributed by atoms with E-state index in [0.717, 1.165) is 26.1 Å². The molecular weight excluding hydrogens is 365 g/mol. The molecule has 0 bridgehead atoms. The fraction of sp³-hybridized carbons (Fsp3) is 0.588. The van der Waals surface area contributed by atoms with Crippen molar-refractivity contribution in [1.29, 1.82) is 0 Å². The van der Waals surface area contributed by atoms with E-state index in [1.807, 2.05) is 13.8 Å². The van der Waals surface area contributed by atoms with Crippen molar-refractivity contribution in [2.75, 3.05) is 39.5 Å². The zero-order valence-corrected chi connectivity index (χ0v) is 16.2. The van der Waals surface area contributed by atoms with Gasteiger partial charge in [0.25, 0.3) is 0 Å². The largest absolute Gasteiger partial charge is 0.489 e. The number of aliphatic imine (C=N–C) groups is 1. The average molecular weight is 392 g/mol. The molecular formula is C17H27Cl2N3O3. The molecule has 8 heteroatoms. The van der Waals surface area contributed by atoms with Crippen molar-refractivity contribution in [1.82, 2.24) is 10.6 Å². The monoisotopic (exact) mass is 391 g/mol. The number of aliphatic hydroxyl groups is 1. The SMILES string of the molecule is CCNC(=NCC(O)COc1cccc(Cl)c1Cl)NCCCOCC. The number of halogens is 2. The number of hydrogen-bond acceptors (Lipinski definition) is 4. The van der Waals surface area contributed by atoms with Crippen molar-refractivity contribution in [3.8, 4) is 5.75 Å². The van der Waals surface area contributed by atoms with Gasteiger partial charge in [-0.1, -0.05) is 29.3 Å². The Kier molecular flexibility index (Phi) is 11.4. The highest BCUT2D eigenvalue weighted by atomic mass is 35.5. The maximum Gasteiger partial charge on any atom is 0.191 e. The van der Waals surface area contributed by atoms with Crippen molar-refractivity contribution in [3.05, 3.63) is 28.2 Å². The van der Waals surface area contributed by atoms with Crippen LogP contribution in [0.15, 0.2) is 23.2 Å². The van der Waals surface area contributed by atoms with Gasteiger partial charge in [0, 0.05) is 26.3 Å². The number of ether oxygens (including phenoxy) is 2. The number of guanidine groups is 1. The molecule has 0 aliphatic rings. The van der Waals surface area contributed by atoms with Crippen LogP contribution in [0.2, 0.25) is 10.0 Å². The third kappa shape index (κ3) is 9.16. The van der Waals surface area contributed by atoms with Gasteiger partial charge in [0.1, 0.15) is 23.5 Å². The van der Waals surface area contributed by atoms with Crippen LogP contribution < -0.4 is 15.4 Å². The zero-order chi connectivity index (χ0) is 18.5. The van der Waals surface area contributed by atoms with Crippen LogP contribution in [0.1, 0.15) is 20.3 Å². The van der Waals surface area contributed by atoms with Gasteiger partial charge < -0.3 is 25.2 Å². The molecule has 1 unspecified atom stereocenters.